The highest BCUT2D eigenvalue weighted by Gasteiger charge is 2.29. The van der Waals surface area contributed by atoms with E-state index in [1.165, 1.54) is 30.6 Å². The molecular formula is C16H22ClN3O2S. The molecule has 1 amide bonds. The summed E-state index contributed by atoms with van der Waals surface area (Å²) >= 11 is 7.38. The number of rotatable bonds is 5. The van der Waals surface area contributed by atoms with E-state index in [0.29, 0.717) is 23.3 Å². The van der Waals surface area contributed by atoms with Crippen LogP contribution in [0.15, 0.2) is 17.3 Å². The number of hydrogen-bond donors (Lipinski definition) is 1. The summed E-state index contributed by atoms with van der Waals surface area (Å²) in [5, 5.41) is 7.00. The lowest BCUT2D eigenvalue weighted by Gasteiger charge is -2.33. The van der Waals surface area contributed by atoms with Gasteiger partial charge in [0.15, 0.2) is 0 Å². The lowest BCUT2D eigenvalue weighted by atomic mass is 10.0. The Labute approximate surface area is 145 Å². The van der Waals surface area contributed by atoms with Crippen molar-refractivity contribution < 1.29 is 9.63 Å². The van der Waals surface area contributed by atoms with Crippen LogP contribution in [0.4, 0.5) is 0 Å². The van der Waals surface area contributed by atoms with Gasteiger partial charge in [0.05, 0.1) is 9.21 Å². The second-order valence-corrected chi connectivity index (χ2v) is 7.83. The topological polar surface area (TPSA) is 53.9 Å². The molecule has 3 rings (SSSR count). The van der Waals surface area contributed by atoms with Gasteiger partial charge >= 0.3 is 0 Å². The molecule has 1 saturated heterocycles. The zero-order valence-electron chi connectivity index (χ0n) is 13.3. The Hall–Kier alpha value is -1.11. The van der Waals surface area contributed by atoms with Gasteiger partial charge in [-0.15, -0.1) is 11.3 Å². The third kappa shape index (κ3) is 4.25. The number of nitrogens with zero attached hydrogens (tertiary/aromatic N) is 2. The van der Waals surface area contributed by atoms with Gasteiger partial charge in [0, 0.05) is 25.6 Å². The summed E-state index contributed by atoms with van der Waals surface area (Å²) in [5.74, 6) is -0.0870. The van der Waals surface area contributed by atoms with Crippen LogP contribution in [0.5, 0.6) is 0 Å². The molecule has 1 aromatic rings. The minimum atomic E-state index is -0.523. The number of thiophene rings is 1. The second-order valence-electron chi connectivity index (χ2n) is 6.11. The molecule has 0 aromatic carbocycles. The van der Waals surface area contributed by atoms with Crippen LogP contribution in [0.3, 0.4) is 0 Å². The summed E-state index contributed by atoms with van der Waals surface area (Å²) in [6.45, 7) is 4.94. The van der Waals surface area contributed by atoms with E-state index >= 15 is 0 Å². The lowest BCUT2D eigenvalue weighted by Crippen LogP contribution is -2.44. The summed E-state index contributed by atoms with van der Waals surface area (Å²) in [5.41, 5.74) is 0.798. The monoisotopic (exact) mass is 355 g/mol. The van der Waals surface area contributed by atoms with Crippen molar-refractivity contribution in [3.8, 4) is 0 Å². The highest BCUT2D eigenvalue weighted by Crippen LogP contribution is 2.26. The number of nitrogens with one attached hydrogen (secondary N) is 1. The number of hydrogen-bond acceptors (Lipinski definition) is 5. The van der Waals surface area contributed by atoms with Crippen molar-refractivity contribution in [1.29, 1.82) is 0 Å². The van der Waals surface area contributed by atoms with Gasteiger partial charge in [-0.2, -0.15) is 0 Å². The summed E-state index contributed by atoms with van der Waals surface area (Å²) in [7, 11) is 0. The fraction of sp³-hybridized carbons (Fsp3) is 0.625. The van der Waals surface area contributed by atoms with Crippen molar-refractivity contribution in [2.45, 2.75) is 44.8 Å². The number of piperidine rings is 1. The fourth-order valence-electron chi connectivity index (χ4n) is 3.06. The average molecular weight is 356 g/mol. The van der Waals surface area contributed by atoms with Crippen molar-refractivity contribution >= 4 is 34.6 Å². The van der Waals surface area contributed by atoms with Gasteiger partial charge in [-0.1, -0.05) is 23.2 Å². The van der Waals surface area contributed by atoms with Crippen LogP contribution in [0.2, 0.25) is 4.34 Å². The fourth-order valence-corrected chi connectivity index (χ4v) is 4.09. The van der Waals surface area contributed by atoms with Crippen molar-refractivity contribution in [3.63, 3.8) is 0 Å². The van der Waals surface area contributed by atoms with Crippen molar-refractivity contribution in [2.75, 3.05) is 19.6 Å². The lowest BCUT2D eigenvalue weighted by molar-refractivity contribution is -0.131. The first kappa shape index (κ1) is 16.7. The van der Waals surface area contributed by atoms with Crippen molar-refractivity contribution in [1.82, 2.24) is 10.2 Å². The Morgan fingerprint density at radius 1 is 1.52 bits per heavy atom. The van der Waals surface area contributed by atoms with E-state index in [2.05, 4.69) is 22.3 Å². The van der Waals surface area contributed by atoms with Crippen LogP contribution >= 0.6 is 22.9 Å². The van der Waals surface area contributed by atoms with Crippen molar-refractivity contribution in [2.24, 2.45) is 5.16 Å². The Bertz CT molecular complexity index is 590. The van der Waals surface area contributed by atoms with Crippen LogP contribution < -0.4 is 5.32 Å². The maximum absolute atomic E-state index is 12.2. The normalized spacial score (nSPS) is 25.0. The first-order valence-electron chi connectivity index (χ1n) is 8.13. The highest BCUT2D eigenvalue weighted by atomic mass is 35.5. The molecule has 0 radical (unpaired) electrons. The van der Waals surface area contributed by atoms with Gasteiger partial charge in [0.1, 0.15) is 5.71 Å². The van der Waals surface area contributed by atoms with Crippen LogP contribution in [-0.4, -0.2) is 48.3 Å². The zero-order chi connectivity index (χ0) is 16.2. The van der Waals surface area contributed by atoms with Crippen LogP contribution in [0.1, 0.15) is 37.5 Å². The SMILES string of the molecule is C[C@H]1CCCCN1CCNC(=O)[C@@H]1CC(c2ccc(Cl)s2)=NO1. The van der Waals surface area contributed by atoms with E-state index in [4.69, 9.17) is 16.4 Å². The largest absolute Gasteiger partial charge is 0.382 e. The molecule has 0 aliphatic carbocycles. The van der Waals surface area contributed by atoms with E-state index in [9.17, 15) is 4.79 Å². The number of carbonyl (C=O) groups is 1. The number of amides is 1. The van der Waals surface area contributed by atoms with Gasteiger partial charge in [-0.3, -0.25) is 9.69 Å². The molecule has 0 saturated carbocycles. The second kappa shape index (κ2) is 7.64. The molecule has 0 bridgehead atoms. The van der Waals surface area contributed by atoms with Gasteiger partial charge in [-0.25, -0.2) is 0 Å². The van der Waals surface area contributed by atoms with Crippen LogP contribution in [-0.2, 0) is 9.63 Å². The molecule has 5 nitrogen and oxygen atoms in total. The first-order chi connectivity index (χ1) is 11.1. The molecule has 23 heavy (non-hydrogen) atoms. The third-order valence-electron chi connectivity index (χ3n) is 4.46. The standard InChI is InChI=1S/C16H22ClN3O2S/c1-11-4-2-3-8-20(11)9-7-18-16(21)13-10-12(19-22-13)14-5-6-15(17)23-14/h5-6,11,13H,2-4,7-10H2,1H3,(H,18,21)/t11-,13-/m0/s1. The minimum Gasteiger partial charge on any atom is -0.382 e. The van der Waals surface area contributed by atoms with Crippen LogP contribution in [0, 0.1) is 0 Å². The molecule has 7 heteroatoms. The summed E-state index contributed by atoms with van der Waals surface area (Å²) in [6.07, 6.45) is 3.80. The Balaban J connectivity index is 1.41. The highest BCUT2D eigenvalue weighted by molar-refractivity contribution is 7.18. The Kier molecular flexibility index (Phi) is 5.56. The van der Waals surface area contributed by atoms with E-state index < -0.39 is 6.10 Å². The Morgan fingerprint density at radius 2 is 2.39 bits per heavy atom. The van der Waals surface area contributed by atoms with Gasteiger partial charge < -0.3 is 10.2 Å². The van der Waals surface area contributed by atoms with Gasteiger partial charge in [-0.05, 0) is 38.4 Å². The number of carbonyl (C=O) groups excluding carboxylic acids is 1. The molecule has 3 heterocycles. The molecule has 2 atom stereocenters. The molecule has 2 aliphatic rings. The first-order valence-corrected chi connectivity index (χ1v) is 9.33. The molecule has 1 aromatic heterocycles. The summed E-state index contributed by atoms with van der Waals surface area (Å²) < 4.78 is 0.714. The van der Waals surface area contributed by atoms with E-state index in [1.807, 2.05) is 12.1 Å². The van der Waals surface area contributed by atoms with Crippen molar-refractivity contribution in [3.05, 3.63) is 21.3 Å². The maximum atomic E-state index is 12.2. The third-order valence-corrected chi connectivity index (χ3v) is 5.74. The molecule has 0 spiro atoms. The van der Waals surface area contributed by atoms with Gasteiger partial charge in [0.25, 0.3) is 5.91 Å². The number of oxime groups is 1. The minimum absolute atomic E-state index is 0.0870. The van der Waals surface area contributed by atoms with E-state index in [1.54, 1.807) is 0 Å². The predicted octanol–water partition coefficient (Wildman–Crippen LogP) is 2.89. The smallest absolute Gasteiger partial charge is 0.264 e. The molecule has 0 unspecified atom stereocenters. The number of halogens is 1. The van der Waals surface area contributed by atoms with Crippen LogP contribution in [0.25, 0.3) is 0 Å². The Morgan fingerprint density at radius 3 is 3.13 bits per heavy atom. The molecule has 1 N–H and O–H groups in total. The molecule has 126 valence electrons. The molecular weight excluding hydrogens is 334 g/mol. The maximum Gasteiger partial charge on any atom is 0.264 e. The number of likely N-dealkylation sites (tertiary alicyclic amines) is 1. The molecule has 1 fully saturated rings. The summed E-state index contributed by atoms with van der Waals surface area (Å²) in [6, 6.07) is 4.35. The van der Waals surface area contributed by atoms with E-state index in [0.717, 1.165) is 23.7 Å². The summed E-state index contributed by atoms with van der Waals surface area (Å²) in [4.78, 5) is 20.9. The quantitative estimate of drug-likeness (QED) is 0.883. The molecule has 2 aliphatic heterocycles. The van der Waals surface area contributed by atoms with E-state index in [-0.39, 0.29) is 5.91 Å². The average Bonchev–Trinajstić information content (AvgIpc) is 3.18. The predicted molar refractivity (Wildman–Crippen MR) is 93.3 cm³/mol. The zero-order valence-corrected chi connectivity index (χ0v) is 14.8. The van der Waals surface area contributed by atoms with Gasteiger partial charge in [0.2, 0.25) is 6.10 Å².